The number of likely N-dealkylation sites (N-methyl/N-ethyl adjacent to an activating group) is 1. The highest BCUT2D eigenvalue weighted by Crippen LogP contribution is 2.11. The summed E-state index contributed by atoms with van der Waals surface area (Å²) >= 11 is 0. The number of aliphatic carboxylic acids is 1. The van der Waals surface area contributed by atoms with Crippen LogP contribution in [0.1, 0.15) is 27.2 Å². The molecule has 112 valence electrons. The molecule has 1 unspecified atom stereocenters. The van der Waals surface area contributed by atoms with E-state index in [1.165, 1.54) is 4.90 Å². The molecule has 0 radical (unpaired) electrons. The van der Waals surface area contributed by atoms with Crippen LogP contribution in [-0.2, 0) is 9.53 Å². The van der Waals surface area contributed by atoms with Crippen molar-refractivity contribution in [3.63, 3.8) is 0 Å². The number of carbonyl (C=O) groups is 2. The Balaban J connectivity index is 4.06. The third-order valence-corrected chi connectivity index (χ3v) is 2.73. The topological polar surface area (TPSA) is 78.9 Å². The van der Waals surface area contributed by atoms with Crippen LogP contribution in [0.3, 0.4) is 0 Å². The molecule has 0 aliphatic rings. The van der Waals surface area contributed by atoms with Crippen LogP contribution in [0.25, 0.3) is 0 Å². The number of nitrogens with one attached hydrogen (secondary N) is 1. The largest absolute Gasteiger partial charge is 0.481 e. The lowest BCUT2D eigenvalue weighted by Gasteiger charge is -2.20. The minimum absolute atomic E-state index is 0.158. The third-order valence-electron chi connectivity index (χ3n) is 2.73. The second-order valence-electron chi connectivity index (χ2n) is 4.97. The molecule has 6 nitrogen and oxygen atoms in total. The molecule has 0 fully saturated rings. The molecule has 0 saturated heterocycles. The van der Waals surface area contributed by atoms with Gasteiger partial charge in [0.25, 0.3) is 0 Å². The summed E-state index contributed by atoms with van der Waals surface area (Å²) in [6.45, 7) is 7.56. The van der Waals surface area contributed by atoms with Crippen LogP contribution >= 0.6 is 0 Å². The fourth-order valence-corrected chi connectivity index (χ4v) is 1.63. The molecule has 2 N–H and O–H groups in total. The zero-order chi connectivity index (χ0) is 14.8. The number of urea groups is 1. The van der Waals surface area contributed by atoms with E-state index in [-0.39, 0.29) is 18.5 Å². The summed E-state index contributed by atoms with van der Waals surface area (Å²) in [6, 6.07) is -0.269. The molecule has 0 spiro atoms. The molecule has 0 aliphatic carbocycles. The first-order valence-electron chi connectivity index (χ1n) is 6.68. The molecule has 6 heteroatoms. The van der Waals surface area contributed by atoms with Crippen molar-refractivity contribution in [3.8, 4) is 0 Å². The number of nitrogens with zero attached hydrogens (tertiary/aromatic N) is 1. The van der Waals surface area contributed by atoms with Gasteiger partial charge in [-0.3, -0.25) is 4.79 Å². The van der Waals surface area contributed by atoms with E-state index in [4.69, 9.17) is 9.84 Å². The maximum atomic E-state index is 11.7. The molecule has 0 saturated carbocycles. The molecule has 0 aromatic rings. The summed E-state index contributed by atoms with van der Waals surface area (Å²) in [7, 11) is 1.66. The Hall–Kier alpha value is -1.30. The van der Waals surface area contributed by atoms with E-state index in [0.717, 1.165) is 0 Å². The molecular weight excluding hydrogens is 248 g/mol. The number of carbonyl (C=O) groups excluding carboxylic acids is 1. The number of hydrogen-bond acceptors (Lipinski definition) is 3. The molecule has 0 bridgehead atoms. The van der Waals surface area contributed by atoms with Gasteiger partial charge >= 0.3 is 12.0 Å². The van der Waals surface area contributed by atoms with Gasteiger partial charge in [-0.05, 0) is 19.3 Å². The van der Waals surface area contributed by atoms with Crippen LogP contribution in [0.15, 0.2) is 0 Å². The van der Waals surface area contributed by atoms with Gasteiger partial charge in [-0.25, -0.2) is 4.79 Å². The van der Waals surface area contributed by atoms with E-state index in [2.05, 4.69) is 5.32 Å². The highest BCUT2D eigenvalue weighted by atomic mass is 16.5. The van der Waals surface area contributed by atoms with Gasteiger partial charge in [0.2, 0.25) is 0 Å². The predicted molar refractivity (Wildman–Crippen MR) is 73.1 cm³/mol. The maximum absolute atomic E-state index is 11.7. The van der Waals surface area contributed by atoms with Crippen molar-refractivity contribution in [2.45, 2.75) is 27.2 Å². The summed E-state index contributed by atoms with van der Waals surface area (Å²) < 4.78 is 5.15. The van der Waals surface area contributed by atoms with Gasteiger partial charge in [0, 0.05) is 26.7 Å². The van der Waals surface area contributed by atoms with Crippen LogP contribution in [0.4, 0.5) is 4.79 Å². The Morgan fingerprint density at radius 3 is 2.47 bits per heavy atom. The lowest BCUT2D eigenvalue weighted by molar-refractivity contribution is -0.142. The van der Waals surface area contributed by atoms with Gasteiger partial charge in [-0.1, -0.05) is 13.8 Å². The number of carboxylic acids is 1. The molecule has 1 atom stereocenters. The van der Waals surface area contributed by atoms with Gasteiger partial charge in [0.15, 0.2) is 0 Å². The Morgan fingerprint density at radius 1 is 1.37 bits per heavy atom. The van der Waals surface area contributed by atoms with E-state index in [0.29, 0.717) is 26.2 Å². The predicted octanol–water partition coefficient (Wildman–Crippen LogP) is 1.41. The highest BCUT2D eigenvalue weighted by Gasteiger charge is 2.20. The first-order valence-corrected chi connectivity index (χ1v) is 6.68. The smallest absolute Gasteiger partial charge is 0.317 e. The maximum Gasteiger partial charge on any atom is 0.317 e. The molecular formula is C13H26N2O4. The zero-order valence-corrected chi connectivity index (χ0v) is 12.3. The van der Waals surface area contributed by atoms with Crippen LogP contribution in [0.2, 0.25) is 0 Å². The number of hydrogen-bond donors (Lipinski definition) is 2. The second kappa shape index (κ2) is 9.61. The molecule has 0 aliphatic heterocycles. The number of amides is 2. The van der Waals surface area contributed by atoms with E-state index in [9.17, 15) is 9.59 Å². The summed E-state index contributed by atoms with van der Waals surface area (Å²) in [5, 5.41) is 11.7. The van der Waals surface area contributed by atoms with Crippen LogP contribution in [0, 0.1) is 11.8 Å². The van der Waals surface area contributed by atoms with Gasteiger partial charge in [-0.15, -0.1) is 0 Å². The van der Waals surface area contributed by atoms with Crippen LogP contribution < -0.4 is 5.32 Å². The number of rotatable bonds is 9. The first kappa shape index (κ1) is 17.7. The van der Waals surface area contributed by atoms with Gasteiger partial charge in [0.1, 0.15) is 0 Å². The number of carboxylic acid groups (broad SMARTS) is 1. The lowest BCUT2D eigenvalue weighted by atomic mass is 9.97. The number of ether oxygens (including phenoxy) is 1. The van der Waals surface area contributed by atoms with Crippen molar-refractivity contribution < 1.29 is 19.4 Å². The molecule has 2 amide bonds. The van der Waals surface area contributed by atoms with Crippen molar-refractivity contribution in [2.75, 3.05) is 33.4 Å². The van der Waals surface area contributed by atoms with Crippen LogP contribution in [-0.4, -0.2) is 55.4 Å². The molecule has 0 heterocycles. The SMILES string of the molecule is CCOCCN(C)C(=O)NCC(CC(C)C)C(=O)O. The second-order valence-corrected chi connectivity index (χ2v) is 4.97. The average molecular weight is 274 g/mol. The van der Waals surface area contributed by atoms with Crippen molar-refractivity contribution in [1.29, 1.82) is 0 Å². The molecule has 0 rings (SSSR count). The van der Waals surface area contributed by atoms with Crippen LogP contribution in [0.5, 0.6) is 0 Å². The monoisotopic (exact) mass is 274 g/mol. The Kier molecular flexibility index (Phi) is 8.95. The van der Waals surface area contributed by atoms with Crippen molar-refractivity contribution in [3.05, 3.63) is 0 Å². The normalized spacial score (nSPS) is 12.3. The van der Waals surface area contributed by atoms with Gasteiger partial charge < -0.3 is 20.1 Å². The minimum atomic E-state index is -0.869. The minimum Gasteiger partial charge on any atom is -0.481 e. The Bertz CT molecular complexity index is 282. The van der Waals surface area contributed by atoms with Gasteiger partial charge in [-0.2, -0.15) is 0 Å². The van der Waals surface area contributed by atoms with Crippen molar-refractivity contribution in [1.82, 2.24) is 10.2 Å². The molecule has 19 heavy (non-hydrogen) atoms. The first-order chi connectivity index (χ1) is 8.88. The molecule has 0 aromatic heterocycles. The van der Waals surface area contributed by atoms with E-state index in [1.807, 2.05) is 20.8 Å². The fraction of sp³-hybridized carbons (Fsp3) is 0.846. The fourth-order valence-electron chi connectivity index (χ4n) is 1.63. The Morgan fingerprint density at radius 2 is 2.00 bits per heavy atom. The van der Waals surface area contributed by atoms with Crippen molar-refractivity contribution in [2.24, 2.45) is 11.8 Å². The Labute approximate surface area is 115 Å². The quantitative estimate of drug-likeness (QED) is 0.623. The lowest BCUT2D eigenvalue weighted by Crippen LogP contribution is -2.42. The zero-order valence-electron chi connectivity index (χ0n) is 12.3. The third kappa shape index (κ3) is 8.42. The summed E-state index contributed by atoms with van der Waals surface area (Å²) in [5.74, 6) is -1.12. The average Bonchev–Trinajstić information content (AvgIpc) is 2.33. The highest BCUT2D eigenvalue weighted by molar-refractivity contribution is 5.75. The van der Waals surface area contributed by atoms with E-state index < -0.39 is 11.9 Å². The summed E-state index contributed by atoms with van der Waals surface area (Å²) in [5.41, 5.74) is 0. The van der Waals surface area contributed by atoms with E-state index >= 15 is 0 Å². The van der Waals surface area contributed by atoms with Gasteiger partial charge in [0.05, 0.1) is 12.5 Å². The molecule has 0 aromatic carbocycles. The summed E-state index contributed by atoms with van der Waals surface area (Å²) in [4.78, 5) is 24.2. The summed E-state index contributed by atoms with van der Waals surface area (Å²) in [6.07, 6.45) is 0.554. The van der Waals surface area contributed by atoms with Crippen molar-refractivity contribution >= 4 is 12.0 Å². The van der Waals surface area contributed by atoms with E-state index in [1.54, 1.807) is 7.05 Å². The standard InChI is InChI=1S/C13H26N2O4/c1-5-19-7-6-15(4)13(18)14-9-11(12(16)17)8-10(2)3/h10-11H,5-9H2,1-4H3,(H,14,18)(H,16,17).